The van der Waals surface area contributed by atoms with Crippen LogP contribution in [0.4, 0.5) is 0 Å². The van der Waals surface area contributed by atoms with E-state index in [2.05, 4.69) is 27.7 Å². The number of Topliss-reactive ketones (excluding diaryl/α,β-unsaturated/α-hetero) is 1. The highest BCUT2D eigenvalue weighted by Gasteiger charge is 2.41. The number of carbonyl (C=O) groups excluding carboxylic acids is 1. The maximum atomic E-state index is 12.7. The van der Waals surface area contributed by atoms with Gasteiger partial charge in [0.15, 0.2) is 5.79 Å². The molecular formula is C25H38O5. The summed E-state index contributed by atoms with van der Waals surface area (Å²) in [5, 5.41) is 21.7. The van der Waals surface area contributed by atoms with Gasteiger partial charge in [0.25, 0.3) is 0 Å². The highest BCUT2D eigenvalue weighted by molar-refractivity contribution is 5.83. The molecule has 0 bridgehead atoms. The molecule has 0 radical (unpaired) electrons. The maximum absolute atomic E-state index is 12.7. The fraction of sp³-hybridized carbons (Fsp3) is 0.720. The largest absolute Gasteiger partial charge is 0.508 e. The Morgan fingerprint density at radius 3 is 2.20 bits per heavy atom. The van der Waals surface area contributed by atoms with Crippen molar-refractivity contribution in [1.29, 1.82) is 0 Å². The highest BCUT2D eigenvalue weighted by atomic mass is 16.7. The fourth-order valence-corrected chi connectivity index (χ4v) is 5.13. The van der Waals surface area contributed by atoms with E-state index in [-0.39, 0.29) is 34.5 Å². The van der Waals surface area contributed by atoms with Crippen molar-refractivity contribution in [3.63, 3.8) is 0 Å². The molecule has 3 rings (SSSR count). The lowest BCUT2D eigenvalue weighted by molar-refractivity contribution is -0.172. The molecule has 1 saturated heterocycles. The normalized spacial score (nSPS) is 24.3. The minimum absolute atomic E-state index is 0.0315. The van der Waals surface area contributed by atoms with Crippen LogP contribution in [0, 0.1) is 11.3 Å². The van der Waals surface area contributed by atoms with Gasteiger partial charge in [-0.05, 0) is 42.7 Å². The molecular weight excluding hydrogens is 380 g/mol. The molecule has 2 atom stereocenters. The molecule has 1 heterocycles. The lowest BCUT2D eigenvalue weighted by atomic mass is 9.67. The first-order valence-electron chi connectivity index (χ1n) is 11.5. The van der Waals surface area contributed by atoms with Crippen LogP contribution in [0.1, 0.15) is 96.1 Å². The van der Waals surface area contributed by atoms with Crippen molar-refractivity contribution >= 4 is 5.78 Å². The van der Waals surface area contributed by atoms with Crippen LogP contribution in [-0.4, -0.2) is 29.2 Å². The van der Waals surface area contributed by atoms with Crippen LogP contribution >= 0.6 is 0 Å². The first kappa shape index (κ1) is 23.1. The van der Waals surface area contributed by atoms with Crippen LogP contribution in [0.2, 0.25) is 0 Å². The van der Waals surface area contributed by atoms with Gasteiger partial charge in [0, 0.05) is 29.9 Å². The third-order valence-corrected chi connectivity index (χ3v) is 6.78. The minimum atomic E-state index is -0.902. The van der Waals surface area contributed by atoms with Crippen LogP contribution in [0.5, 0.6) is 11.5 Å². The average molecular weight is 419 g/mol. The van der Waals surface area contributed by atoms with Crippen LogP contribution in [0.15, 0.2) is 12.1 Å². The van der Waals surface area contributed by atoms with Gasteiger partial charge in [-0.2, -0.15) is 0 Å². The Hall–Kier alpha value is -1.59. The Labute approximate surface area is 180 Å². The van der Waals surface area contributed by atoms with Crippen LogP contribution < -0.4 is 0 Å². The number of ketones is 1. The van der Waals surface area contributed by atoms with E-state index in [1.165, 1.54) is 0 Å². The standard InChI is InChI=1S/C25H38O5/c1-5-6-7-8-11-25(29-12-13-30-25)18-15-21(27)23(22(28)16-18)17-9-10-19(20(26)14-17)24(2,3)4/h15-17,19,27-28H,5-14H2,1-4H3/t17-,19-/m0/s1. The van der Waals surface area contributed by atoms with Gasteiger partial charge < -0.3 is 19.7 Å². The third kappa shape index (κ3) is 4.83. The van der Waals surface area contributed by atoms with E-state index in [4.69, 9.17) is 9.47 Å². The molecule has 2 N–H and O–H groups in total. The highest BCUT2D eigenvalue weighted by Crippen LogP contribution is 2.48. The van der Waals surface area contributed by atoms with Crippen molar-refractivity contribution in [2.45, 2.75) is 90.8 Å². The Kier molecular flexibility index (Phi) is 7.13. The number of hydrogen-bond donors (Lipinski definition) is 2. The lowest BCUT2D eigenvalue weighted by Crippen LogP contribution is -2.33. The first-order valence-corrected chi connectivity index (χ1v) is 11.5. The molecule has 1 aromatic rings. The molecule has 2 aliphatic rings. The van der Waals surface area contributed by atoms with E-state index in [9.17, 15) is 15.0 Å². The summed E-state index contributed by atoms with van der Waals surface area (Å²) >= 11 is 0. The Morgan fingerprint density at radius 2 is 1.67 bits per heavy atom. The molecule has 1 aliphatic heterocycles. The summed E-state index contributed by atoms with van der Waals surface area (Å²) in [5.41, 5.74) is 1.08. The monoisotopic (exact) mass is 418 g/mol. The fourth-order valence-electron chi connectivity index (χ4n) is 5.13. The SMILES string of the molecule is CCCCCCC1(c2cc(O)c([C@H]3CC[C@H](C(C)(C)C)C(=O)C3)c(O)c2)OCCO1. The van der Waals surface area contributed by atoms with E-state index in [1.807, 2.05) is 0 Å². The number of hydrogen-bond acceptors (Lipinski definition) is 5. The molecule has 0 unspecified atom stereocenters. The number of aromatic hydroxyl groups is 2. The zero-order chi connectivity index (χ0) is 21.9. The second-order valence-electron chi connectivity index (χ2n) is 10.1. The van der Waals surface area contributed by atoms with Crippen LogP contribution in [0.3, 0.4) is 0 Å². The van der Waals surface area contributed by atoms with Crippen molar-refractivity contribution in [1.82, 2.24) is 0 Å². The van der Waals surface area contributed by atoms with Crippen molar-refractivity contribution in [2.75, 3.05) is 13.2 Å². The molecule has 2 fully saturated rings. The maximum Gasteiger partial charge on any atom is 0.195 e. The summed E-state index contributed by atoms with van der Waals surface area (Å²) in [6.45, 7) is 9.47. The first-order chi connectivity index (χ1) is 14.2. The molecule has 1 aliphatic carbocycles. The smallest absolute Gasteiger partial charge is 0.195 e. The van der Waals surface area contributed by atoms with Gasteiger partial charge in [-0.1, -0.05) is 47.0 Å². The predicted octanol–water partition coefficient (Wildman–Crippen LogP) is 5.77. The lowest BCUT2D eigenvalue weighted by Gasteiger charge is -2.36. The van der Waals surface area contributed by atoms with Crippen LogP contribution in [0.25, 0.3) is 0 Å². The van der Waals surface area contributed by atoms with Crippen molar-refractivity contribution in [2.24, 2.45) is 11.3 Å². The summed E-state index contributed by atoms with van der Waals surface area (Å²) in [7, 11) is 0. The summed E-state index contributed by atoms with van der Waals surface area (Å²) in [5.74, 6) is -0.745. The van der Waals surface area contributed by atoms with E-state index in [0.29, 0.717) is 37.2 Å². The summed E-state index contributed by atoms with van der Waals surface area (Å²) in [4.78, 5) is 12.7. The number of ether oxygens (including phenoxy) is 2. The van der Waals surface area contributed by atoms with Crippen LogP contribution in [-0.2, 0) is 20.1 Å². The summed E-state index contributed by atoms with van der Waals surface area (Å²) in [6.07, 6.45) is 6.99. The van der Waals surface area contributed by atoms with Gasteiger partial charge in [0.05, 0.1) is 13.2 Å². The second-order valence-corrected chi connectivity index (χ2v) is 10.1. The number of phenolic OH excluding ortho intramolecular Hbond substituents is 2. The summed E-state index contributed by atoms with van der Waals surface area (Å²) < 4.78 is 11.9. The molecule has 5 nitrogen and oxygen atoms in total. The second kappa shape index (κ2) is 9.27. The molecule has 0 amide bonds. The van der Waals surface area contributed by atoms with E-state index >= 15 is 0 Å². The van der Waals surface area contributed by atoms with Gasteiger partial charge in [-0.3, -0.25) is 4.79 Å². The van der Waals surface area contributed by atoms with Gasteiger partial charge in [0.2, 0.25) is 0 Å². The zero-order valence-electron chi connectivity index (χ0n) is 19.0. The zero-order valence-corrected chi connectivity index (χ0v) is 19.0. The molecule has 168 valence electrons. The summed E-state index contributed by atoms with van der Waals surface area (Å²) in [6, 6.07) is 3.33. The van der Waals surface area contributed by atoms with E-state index < -0.39 is 5.79 Å². The van der Waals surface area contributed by atoms with Crippen molar-refractivity contribution < 1.29 is 24.5 Å². The molecule has 30 heavy (non-hydrogen) atoms. The van der Waals surface area contributed by atoms with E-state index in [0.717, 1.165) is 38.5 Å². The Bertz CT molecular complexity index is 719. The molecule has 0 aromatic heterocycles. The van der Waals surface area contributed by atoms with Crippen molar-refractivity contribution in [3.05, 3.63) is 23.3 Å². The Morgan fingerprint density at radius 1 is 1.03 bits per heavy atom. The van der Waals surface area contributed by atoms with Crippen molar-refractivity contribution in [3.8, 4) is 11.5 Å². The number of rotatable bonds is 7. The van der Waals surface area contributed by atoms with E-state index in [1.54, 1.807) is 12.1 Å². The average Bonchev–Trinajstić information content (AvgIpc) is 3.14. The number of benzene rings is 1. The quantitative estimate of drug-likeness (QED) is 0.550. The molecule has 0 spiro atoms. The number of unbranched alkanes of at least 4 members (excludes halogenated alkanes) is 3. The number of carbonyl (C=O) groups is 1. The van der Waals surface area contributed by atoms with Gasteiger partial charge in [-0.15, -0.1) is 0 Å². The number of phenols is 2. The molecule has 1 saturated carbocycles. The third-order valence-electron chi connectivity index (χ3n) is 6.78. The Balaban J connectivity index is 1.81. The van der Waals surface area contributed by atoms with Gasteiger partial charge >= 0.3 is 0 Å². The van der Waals surface area contributed by atoms with Gasteiger partial charge in [0.1, 0.15) is 17.3 Å². The predicted molar refractivity (Wildman–Crippen MR) is 117 cm³/mol. The van der Waals surface area contributed by atoms with Gasteiger partial charge in [-0.25, -0.2) is 0 Å². The molecule has 1 aromatic carbocycles. The molecule has 5 heteroatoms. The minimum Gasteiger partial charge on any atom is -0.508 e. The topological polar surface area (TPSA) is 76.0 Å².